The number of carboxylic acids is 1. The van der Waals surface area contributed by atoms with Gasteiger partial charge in [0.25, 0.3) is 0 Å². The van der Waals surface area contributed by atoms with Gasteiger partial charge in [-0.2, -0.15) is 0 Å². The van der Waals surface area contributed by atoms with E-state index in [1.54, 1.807) is 0 Å². The predicted molar refractivity (Wildman–Crippen MR) is 67.9 cm³/mol. The molecule has 1 aromatic carbocycles. The van der Waals surface area contributed by atoms with Crippen LogP contribution in [-0.2, 0) is 10.0 Å². The first kappa shape index (κ1) is 13.1. The van der Waals surface area contributed by atoms with Crippen LogP contribution in [0.3, 0.4) is 0 Å². The fourth-order valence-electron chi connectivity index (χ4n) is 1.54. The molecule has 0 atom stereocenters. The maximum absolute atomic E-state index is 11.7. The molecule has 0 unspecified atom stereocenters. The second-order valence-electron chi connectivity index (χ2n) is 3.87. The predicted octanol–water partition coefficient (Wildman–Crippen LogP) is 0.863. The lowest BCUT2D eigenvalue weighted by Crippen LogP contribution is -2.11. The van der Waals surface area contributed by atoms with Gasteiger partial charge in [-0.15, -0.1) is 0 Å². The van der Waals surface area contributed by atoms with Crippen LogP contribution >= 0.6 is 0 Å². The van der Waals surface area contributed by atoms with Crippen LogP contribution in [0.2, 0.25) is 0 Å². The fraction of sp³-hybridized carbons (Fsp3) is 0.0909. The lowest BCUT2D eigenvalue weighted by atomic mass is 10.2. The monoisotopic (exact) mass is 283 g/mol. The Morgan fingerprint density at radius 3 is 2.58 bits per heavy atom. The van der Waals surface area contributed by atoms with E-state index in [9.17, 15) is 18.0 Å². The summed E-state index contributed by atoms with van der Waals surface area (Å²) in [6, 6.07) is 4.83. The van der Waals surface area contributed by atoms with Gasteiger partial charge in [0, 0.05) is 11.8 Å². The molecule has 0 spiro atoms. The number of hydrogen-bond donors (Lipinski definition) is 2. The van der Waals surface area contributed by atoms with E-state index in [-0.39, 0.29) is 16.7 Å². The summed E-state index contributed by atoms with van der Waals surface area (Å²) >= 11 is 0. The SMILES string of the molecule is CS(=O)(=O)Nc1ccc2oc(C(=O)O)cc(=O)c2c1. The summed E-state index contributed by atoms with van der Waals surface area (Å²) in [5.41, 5.74) is -0.287. The third kappa shape index (κ3) is 2.91. The summed E-state index contributed by atoms with van der Waals surface area (Å²) < 4.78 is 29.4. The zero-order valence-electron chi connectivity index (χ0n) is 9.71. The van der Waals surface area contributed by atoms with Gasteiger partial charge in [-0.3, -0.25) is 9.52 Å². The zero-order valence-corrected chi connectivity index (χ0v) is 10.5. The van der Waals surface area contributed by atoms with Gasteiger partial charge in [-0.05, 0) is 18.2 Å². The van der Waals surface area contributed by atoms with E-state index in [1.165, 1.54) is 18.2 Å². The van der Waals surface area contributed by atoms with Crippen molar-refractivity contribution in [2.45, 2.75) is 0 Å². The van der Waals surface area contributed by atoms with Gasteiger partial charge in [-0.25, -0.2) is 13.2 Å². The maximum atomic E-state index is 11.7. The Bertz CT molecular complexity index is 821. The molecule has 2 rings (SSSR count). The largest absolute Gasteiger partial charge is 0.475 e. The Morgan fingerprint density at radius 2 is 2.00 bits per heavy atom. The van der Waals surface area contributed by atoms with Crippen molar-refractivity contribution in [1.29, 1.82) is 0 Å². The molecule has 2 N–H and O–H groups in total. The molecule has 2 aromatic rings. The van der Waals surface area contributed by atoms with E-state index in [0.29, 0.717) is 0 Å². The number of benzene rings is 1. The van der Waals surface area contributed by atoms with Crippen molar-refractivity contribution < 1.29 is 22.7 Å². The number of fused-ring (bicyclic) bond motifs is 1. The van der Waals surface area contributed by atoms with E-state index >= 15 is 0 Å². The molecule has 0 aliphatic carbocycles. The molecule has 1 aromatic heterocycles. The summed E-state index contributed by atoms with van der Waals surface area (Å²) in [5, 5.41) is 8.85. The summed E-state index contributed by atoms with van der Waals surface area (Å²) in [6.07, 6.45) is 0.979. The molecule has 0 aliphatic heterocycles. The van der Waals surface area contributed by atoms with Crippen LogP contribution in [0.1, 0.15) is 10.6 Å². The number of carbonyl (C=O) groups is 1. The Kier molecular flexibility index (Phi) is 3.03. The molecule has 0 aliphatic rings. The third-order valence-corrected chi connectivity index (χ3v) is 2.85. The molecule has 19 heavy (non-hydrogen) atoms. The molecular formula is C11H9NO6S. The molecular weight excluding hydrogens is 274 g/mol. The Balaban J connectivity index is 2.62. The van der Waals surface area contributed by atoms with Gasteiger partial charge in [0.1, 0.15) is 5.58 Å². The average molecular weight is 283 g/mol. The van der Waals surface area contributed by atoms with Gasteiger partial charge in [0.2, 0.25) is 15.8 Å². The van der Waals surface area contributed by atoms with Crippen molar-refractivity contribution >= 4 is 32.6 Å². The van der Waals surface area contributed by atoms with Crippen LogP contribution in [0.15, 0.2) is 33.5 Å². The quantitative estimate of drug-likeness (QED) is 0.863. The minimum atomic E-state index is -3.46. The van der Waals surface area contributed by atoms with Crippen LogP contribution in [0.4, 0.5) is 5.69 Å². The van der Waals surface area contributed by atoms with Gasteiger partial charge in [0.05, 0.1) is 11.6 Å². The number of sulfonamides is 1. The van der Waals surface area contributed by atoms with Gasteiger partial charge >= 0.3 is 5.97 Å². The smallest absolute Gasteiger partial charge is 0.371 e. The van der Waals surface area contributed by atoms with Crippen LogP contribution in [0, 0.1) is 0 Å². The number of nitrogens with one attached hydrogen (secondary N) is 1. The third-order valence-electron chi connectivity index (χ3n) is 2.24. The van der Waals surface area contributed by atoms with Crippen molar-refractivity contribution in [3.8, 4) is 0 Å². The van der Waals surface area contributed by atoms with Crippen molar-refractivity contribution in [3.63, 3.8) is 0 Å². The first-order valence-electron chi connectivity index (χ1n) is 5.05. The van der Waals surface area contributed by atoms with Crippen LogP contribution in [0.25, 0.3) is 11.0 Å². The molecule has 0 saturated carbocycles. The van der Waals surface area contributed by atoms with Crippen molar-refractivity contribution in [3.05, 3.63) is 40.2 Å². The lowest BCUT2D eigenvalue weighted by molar-refractivity contribution is 0.0663. The minimum Gasteiger partial charge on any atom is -0.475 e. The van der Waals surface area contributed by atoms with Crippen molar-refractivity contribution in [2.75, 3.05) is 11.0 Å². The van der Waals surface area contributed by atoms with Gasteiger partial charge in [-0.1, -0.05) is 0 Å². The van der Waals surface area contributed by atoms with Crippen LogP contribution in [-0.4, -0.2) is 25.7 Å². The molecule has 0 saturated heterocycles. The number of hydrogen-bond acceptors (Lipinski definition) is 5. The number of anilines is 1. The van der Waals surface area contributed by atoms with E-state index < -0.39 is 27.2 Å². The molecule has 0 amide bonds. The second-order valence-corrected chi connectivity index (χ2v) is 5.61. The number of rotatable bonds is 3. The average Bonchev–Trinajstić information content (AvgIpc) is 2.27. The first-order chi connectivity index (χ1) is 8.76. The Hall–Kier alpha value is -2.35. The molecule has 0 bridgehead atoms. The lowest BCUT2D eigenvalue weighted by Gasteiger charge is -2.05. The van der Waals surface area contributed by atoms with Crippen LogP contribution in [0.5, 0.6) is 0 Å². The fourth-order valence-corrected chi connectivity index (χ4v) is 2.09. The van der Waals surface area contributed by atoms with E-state index in [0.717, 1.165) is 12.3 Å². The van der Waals surface area contributed by atoms with Gasteiger partial charge in [0.15, 0.2) is 5.43 Å². The van der Waals surface area contributed by atoms with Gasteiger partial charge < -0.3 is 9.52 Å². The Labute approximate surface area is 107 Å². The molecule has 100 valence electrons. The van der Waals surface area contributed by atoms with Crippen molar-refractivity contribution in [2.24, 2.45) is 0 Å². The Morgan fingerprint density at radius 1 is 1.32 bits per heavy atom. The zero-order chi connectivity index (χ0) is 14.2. The summed E-state index contributed by atoms with van der Waals surface area (Å²) in [6.45, 7) is 0. The summed E-state index contributed by atoms with van der Waals surface area (Å²) in [4.78, 5) is 22.4. The minimum absolute atomic E-state index is 0.0731. The van der Waals surface area contributed by atoms with E-state index in [2.05, 4.69) is 4.72 Å². The molecule has 7 nitrogen and oxygen atoms in total. The highest BCUT2D eigenvalue weighted by Gasteiger charge is 2.11. The standard InChI is InChI=1S/C11H9NO6S/c1-19(16,17)12-6-2-3-9-7(4-6)8(13)5-10(18-9)11(14)15/h2-5,12H,1H3,(H,14,15). The highest BCUT2D eigenvalue weighted by molar-refractivity contribution is 7.92. The highest BCUT2D eigenvalue weighted by atomic mass is 32.2. The summed E-state index contributed by atoms with van der Waals surface area (Å²) in [5.74, 6) is -1.82. The molecule has 0 radical (unpaired) electrons. The number of aromatic carboxylic acids is 1. The molecule has 0 fully saturated rings. The topological polar surface area (TPSA) is 114 Å². The van der Waals surface area contributed by atoms with Crippen molar-refractivity contribution in [1.82, 2.24) is 0 Å². The van der Waals surface area contributed by atoms with E-state index in [4.69, 9.17) is 9.52 Å². The number of carboxylic acid groups (broad SMARTS) is 1. The highest BCUT2D eigenvalue weighted by Crippen LogP contribution is 2.18. The summed E-state index contributed by atoms with van der Waals surface area (Å²) in [7, 11) is -3.46. The molecule has 1 heterocycles. The van der Waals surface area contributed by atoms with Crippen LogP contribution < -0.4 is 10.2 Å². The first-order valence-corrected chi connectivity index (χ1v) is 6.94. The van der Waals surface area contributed by atoms with E-state index in [1.807, 2.05) is 0 Å². The maximum Gasteiger partial charge on any atom is 0.371 e. The normalized spacial score (nSPS) is 11.4. The second kappa shape index (κ2) is 4.39. The molecule has 8 heteroatoms.